The molecular formula is C19H24ClN3OS. The van der Waals surface area contributed by atoms with Crippen LogP contribution in [0.1, 0.15) is 38.5 Å². The standard InChI is InChI=1S/C19H24ClN3OS/c20-16-9-7-15(8-10-16)17-14-25-19(21-17)22-18(24)6-2-5-13-23-11-3-1-4-12-23/h7-10,14H,1-6,11-13H2,(H,21,22,24). The van der Waals surface area contributed by atoms with Crippen LogP contribution in [0.5, 0.6) is 0 Å². The maximum atomic E-state index is 12.1. The number of amides is 1. The van der Waals surface area contributed by atoms with Crippen LogP contribution in [0.3, 0.4) is 0 Å². The number of anilines is 1. The summed E-state index contributed by atoms with van der Waals surface area (Å²) in [6, 6.07) is 7.56. The van der Waals surface area contributed by atoms with Crippen LogP contribution >= 0.6 is 22.9 Å². The van der Waals surface area contributed by atoms with Crippen LogP contribution in [0.2, 0.25) is 5.02 Å². The molecule has 1 N–H and O–H groups in total. The van der Waals surface area contributed by atoms with Crippen LogP contribution < -0.4 is 5.32 Å². The van der Waals surface area contributed by atoms with Crippen molar-refractivity contribution in [1.82, 2.24) is 9.88 Å². The van der Waals surface area contributed by atoms with Crippen molar-refractivity contribution in [3.05, 3.63) is 34.7 Å². The Bertz CT molecular complexity index is 680. The van der Waals surface area contributed by atoms with E-state index >= 15 is 0 Å². The number of likely N-dealkylation sites (tertiary alicyclic amines) is 1. The molecule has 0 atom stereocenters. The quantitative estimate of drug-likeness (QED) is 0.686. The molecule has 2 aromatic rings. The van der Waals surface area contributed by atoms with E-state index in [0.29, 0.717) is 16.6 Å². The first-order chi connectivity index (χ1) is 12.2. The molecule has 0 spiro atoms. The number of rotatable bonds is 7. The largest absolute Gasteiger partial charge is 0.303 e. The maximum Gasteiger partial charge on any atom is 0.226 e. The molecule has 0 aliphatic carbocycles. The lowest BCUT2D eigenvalue weighted by Gasteiger charge is -2.26. The molecule has 1 saturated heterocycles. The molecule has 2 heterocycles. The summed E-state index contributed by atoms with van der Waals surface area (Å²) < 4.78 is 0. The molecule has 3 rings (SSSR count). The Morgan fingerprint density at radius 2 is 1.92 bits per heavy atom. The van der Waals surface area contributed by atoms with Gasteiger partial charge in [-0.2, -0.15) is 0 Å². The van der Waals surface area contributed by atoms with Crippen molar-refractivity contribution in [3.8, 4) is 11.3 Å². The highest BCUT2D eigenvalue weighted by Gasteiger charge is 2.11. The van der Waals surface area contributed by atoms with E-state index in [1.165, 1.54) is 43.7 Å². The van der Waals surface area contributed by atoms with E-state index < -0.39 is 0 Å². The van der Waals surface area contributed by atoms with Crippen LogP contribution in [-0.2, 0) is 4.79 Å². The van der Waals surface area contributed by atoms with Gasteiger partial charge in [0.05, 0.1) is 5.69 Å². The molecule has 1 fully saturated rings. The van der Waals surface area contributed by atoms with Gasteiger partial charge in [0.15, 0.2) is 5.13 Å². The van der Waals surface area contributed by atoms with E-state index in [9.17, 15) is 4.79 Å². The number of halogens is 1. The second-order valence-electron chi connectivity index (χ2n) is 6.45. The van der Waals surface area contributed by atoms with E-state index in [4.69, 9.17) is 11.6 Å². The molecule has 0 radical (unpaired) electrons. The molecule has 0 saturated carbocycles. The normalized spacial score (nSPS) is 15.2. The van der Waals surface area contributed by atoms with Crippen molar-refractivity contribution in [3.63, 3.8) is 0 Å². The van der Waals surface area contributed by atoms with Gasteiger partial charge in [-0.15, -0.1) is 11.3 Å². The van der Waals surface area contributed by atoms with E-state index in [0.717, 1.165) is 30.6 Å². The Labute approximate surface area is 158 Å². The lowest BCUT2D eigenvalue weighted by molar-refractivity contribution is -0.116. The Hall–Kier alpha value is -1.43. The van der Waals surface area contributed by atoms with Crippen molar-refractivity contribution in [2.45, 2.75) is 38.5 Å². The summed E-state index contributed by atoms with van der Waals surface area (Å²) in [4.78, 5) is 19.1. The predicted molar refractivity (Wildman–Crippen MR) is 105 cm³/mol. The average Bonchev–Trinajstić information content (AvgIpc) is 3.09. The van der Waals surface area contributed by atoms with Gasteiger partial charge < -0.3 is 10.2 Å². The van der Waals surface area contributed by atoms with Crippen LogP contribution in [-0.4, -0.2) is 35.4 Å². The van der Waals surface area contributed by atoms with Gasteiger partial charge in [0.25, 0.3) is 0 Å². The monoisotopic (exact) mass is 377 g/mol. The number of hydrogen-bond acceptors (Lipinski definition) is 4. The van der Waals surface area contributed by atoms with Gasteiger partial charge in [-0.05, 0) is 57.5 Å². The summed E-state index contributed by atoms with van der Waals surface area (Å²) in [7, 11) is 0. The Morgan fingerprint density at radius 3 is 2.68 bits per heavy atom. The molecule has 25 heavy (non-hydrogen) atoms. The number of hydrogen-bond donors (Lipinski definition) is 1. The molecule has 6 heteroatoms. The van der Waals surface area contributed by atoms with E-state index in [1.807, 2.05) is 29.6 Å². The minimum absolute atomic E-state index is 0.0515. The summed E-state index contributed by atoms with van der Waals surface area (Å²) in [5, 5.41) is 6.23. The second-order valence-corrected chi connectivity index (χ2v) is 7.75. The highest BCUT2D eigenvalue weighted by atomic mass is 35.5. The first kappa shape index (κ1) is 18.4. The van der Waals surface area contributed by atoms with Gasteiger partial charge in [-0.1, -0.05) is 30.2 Å². The third kappa shape index (κ3) is 5.80. The summed E-state index contributed by atoms with van der Waals surface area (Å²) in [5.74, 6) is 0.0515. The van der Waals surface area contributed by atoms with Gasteiger partial charge in [-0.25, -0.2) is 4.98 Å². The molecule has 0 unspecified atom stereocenters. The van der Waals surface area contributed by atoms with E-state index in [-0.39, 0.29) is 5.91 Å². The lowest BCUT2D eigenvalue weighted by Crippen LogP contribution is -2.30. The third-order valence-corrected chi connectivity index (χ3v) is 5.48. The van der Waals surface area contributed by atoms with Crippen molar-refractivity contribution >= 4 is 34.0 Å². The number of carbonyl (C=O) groups excluding carboxylic acids is 1. The second kappa shape index (κ2) is 9.32. The number of nitrogens with one attached hydrogen (secondary N) is 1. The van der Waals surface area contributed by atoms with Gasteiger partial charge in [0.1, 0.15) is 0 Å². The fourth-order valence-corrected chi connectivity index (χ4v) is 3.93. The van der Waals surface area contributed by atoms with Crippen molar-refractivity contribution in [2.24, 2.45) is 0 Å². The van der Waals surface area contributed by atoms with Crippen LogP contribution in [0.15, 0.2) is 29.6 Å². The fourth-order valence-electron chi connectivity index (χ4n) is 3.07. The number of nitrogens with zero attached hydrogens (tertiary/aromatic N) is 2. The van der Waals surface area contributed by atoms with Gasteiger partial charge >= 0.3 is 0 Å². The smallest absolute Gasteiger partial charge is 0.226 e. The average molecular weight is 378 g/mol. The zero-order chi connectivity index (χ0) is 17.5. The predicted octanol–water partition coefficient (Wildman–Crippen LogP) is 5.06. The molecule has 1 aromatic carbocycles. The zero-order valence-corrected chi connectivity index (χ0v) is 15.9. The highest BCUT2D eigenvalue weighted by Crippen LogP contribution is 2.26. The molecule has 1 aliphatic heterocycles. The molecular weight excluding hydrogens is 354 g/mol. The van der Waals surface area contributed by atoms with Gasteiger partial charge in [0, 0.05) is 22.4 Å². The Kier molecular flexibility index (Phi) is 6.84. The van der Waals surface area contributed by atoms with Crippen molar-refractivity contribution < 1.29 is 4.79 Å². The van der Waals surface area contributed by atoms with Gasteiger partial charge in [0.2, 0.25) is 5.91 Å². The minimum atomic E-state index is 0.0515. The van der Waals surface area contributed by atoms with Crippen LogP contribution in [0.4, 0.5) is 5.13 Å². The highest BCUT2D eigenvalue weighted by molar-refractivity contribution is 7.14. The fraction of sp³-hybridized carbons (Fsp3) is 0.474. The summed E-state index contributed by atoms with van der Waals surface area (Å²) >= 11 is 7.36. The number of thiazole rings is 1. The van der Waals surface area contributed by atoms with E-state index in [2.05, 4.69) is 15.2 Å². The Balaban J connectivity index is 1.40. The number of benzene rings is 1. The number of carbonyl (C=O) groups is 1. The number of aromatic nitrogens is 1. The van der Waals surface area contributed by atoms with E-state index in [1.54, 1.807) is 0 Å². The van der Waals surface area contributed by atoms with Crippen molar-refractivity contribution in [2.75, 3.05) is 25.0 Å². The molecule has 134 valence electrons. The summed E-state index contributed by atoms with van der Waals surface area (Å²) in [6.45, 7) is 3.56. The molecule has 1 amide bonds. The SMILES string of the molecule is O=C(CCCCN1CCCCC1)Nc1nc(-c2ccc(Cl)cc2)cs1. The topological polar surface area (TPSA) is 45.2 Å². The molecule has 4 nitrogen and oxygen atoms in total. The number of piperidine rings is 1. The van der Waals surface area contributed by atoms with Crippen molar-refractivity contribution in [1.29, 1.82) is 0 Å². The van der Waals surface area contributed by atoms with Gasteiger partial charge in [-0.3, -0.25) is 4.79 Å². The molecule has 1 aromatic heterocycles. The first-order valence-corrected chi connectivity index (χ1v) is 10.2. The first-order valence-electron chi connectivity index (χ1n) is 8.94. The Morgan fingerprint density at radius 1 is 1.16 bits per heavy atom. The van der Waals surface area contributed by atoms with Crippen LogP contribution in [0.25, 0.3) is 11.3 Å². The summed E-state index contributed by atoms with van der Waals surface area (Å²) in [6.07, 6.45) is 6.58. The zero-order valence-electron chi connectivity index (χ0n) is 14.3. The molecule has 0 bridgehead atoms. The third-order valence-electron chi connectivity index (χ3n) is 4.47. The lowest BCUT2D eigenvalue weighted by atomic mass is 10.1. The minimum Gasteiger partial charge on any atom is -0.303 e. The number of unbranched alkanes of at least 4 members (excludes halogenated alkanes) is 1. The summed E-state index contributed by atoms with van der Waals surface area (Å²) in [5.41, 5.74) is 1.87. The van der Waals surface area contributed by atoms with Crippen LogP contribution in [0, 0.1) is 0 Å². The maximum absolute atomic E-state index is 12.1. The molecule has 1 aliphatic rings.